The van der Waals surface area contributed by atoms with Gasteiger partial charge >= 0.3 is 5.97 Å². The first-order chi connectivity index (χ1) is 8.02. The van der Waals surface area contributed by atoms with Crippen LogP contribution < -0.4 is 5.32 Å². The lowest BCUT2D eigenvalue weighted by Gasteiger charge is -2.11. The van der Waals surface area contributed by atoms with Crippen LogP contribution in [0.5, 0.6) is 0 Å². The van der Waals surface area contributed by atoms with Crippen molar-refractivity contribution < 1.29 is 14.7 Å². The third-order valence-corrected chi connectivity index (χ3v) is 4.10. The van der Waals surface area contributed by atoms with Crippen LogP contribution in [0.15, 0.2) is 11.4 Å². The van der Waals surface area contributed by atoms with E-state index < -0.39 is 11.5 Å². The highest BCUT2D eigenvalue weighted by Gasteiger charge is 2.51. The highest BCUT2D eigenvalue weighted by molar-refractivity contribution is 7.10. The summed E-state index contributed by atoms with van der Waals surface area (Å²) in [4.78, 5) is 23.5. The number of hydrogen-bond acceptors (Lipinski definition) is 3. The number of hydrogen-bond donors (Lipinski definition) is 2. The number of carboxylic acids is 1. The predicted octanol–water partition coefficient (Wildman–Crippen LogP) is 2.07. The summed E-state index contributed by atoms with van der Waals surface area (Å²) in [5.41, 5.74) is -0.982. The Morgan fingerprint density at radius 3 is 2.71 bits per heavy atom. The minimum Gasteiger partial charge on any atom is -0.480 e. The number of carboxylic acid groups (broad SMARTS) is 1. The largest absolute Gasteiger partial charge is 0.480 e. The predicted molar refractivity (Wildman–Crippen MR) is 65.4 cm³/mol. The molecule has 2 N–H and O–H groups in total. The Morgan fingerprint density at radius 2 is 2.24 bits per heavy atom. The molecule has 0 atom stereocenters. The van der Waals surface area contributed by atoms with Gasteiger partial charge in [0, 0.05) is 16.7 Å². The van der Waals surface area contributed by atoms with Gasteiger partial charge in [-0.25, -0.2) is 4.79 Å². The highest BCUT2D eigenvalue weighted by Crippen LogP contribution is 2.35. The number of aryl methyl sites for hydroxylation is 1. The number of aliphatic carboxylic acids is 1. The van der Waals surface area contributed by atoms with E-state index >= 15 is 0 Å². The lowest BCUT2D eigenvalue weighted by atomic mass is 10.2. The lowest BCUT2D eigenvalue weighted by molar-refractivity contribution is -0.143. The molecule has 2 rings (SSSR count). The van der Waals surface area contributed by atoms with Crippen LogP contribution in [0.1, 0.15) is 24.1 Å². The molecule has 1 fully saturated rings. The fourth-order valence-electron chi connectivity index (χ4n) is 1.57. The van der Waals surface area contributed by atoms with Gasteiger partial charge in [0.1, 0.15) is 5.54 Å². The number of rotatable bonds is 5. The summed E-state index contributed by atoms with van der Waals surface area (Å²) in [6.45, 7) is 0. The van der Waals surface area contributed by atoms with Crippen molar-refractivity contribution in [1.82, 2.24) is 5.32 Å². The van der Waals surface area contributed by atoms with Crippen molar-refractivity contribution in [2.24, 2.45) is 0 Å². The summed E-state index contributed by atoms with van der Waals surface area (Å²) in [6.07, 6.45) is 1.95. The van der Waals surface area contributed by atoms with Crippen LogP contribution >= 0.6 is 22.9 Å². The van der Waals surface area contributed by atoms with Crippen molar-refractivity contribution in [3.05, 3.63) is 21.3 Å². The Bertz CT molecular complexity index is 453. The monoisotopic (exact) mass is 273 g/mol. The van der Waals surface area contributed by atoms with Crippen molar-refractivity contribution in [2.75, 3.05) is 0 Å². The molecule has 1 aromatic heterocycles. The van der Waals surface area contributed by atoms with Gasteiger partial charge in [0.15, 0.2) is 0 Å². The average molecular weight is 274 g/mol. The zero-order valence-corrected chi connectivity index (χ0v) is 10.6. The normalized spacial score (nSPS) is 16.5. The smallest absolute Gasteiger partial charge is 0.329 e. The number of nitrogens with one attached hydrogen (secondary N) is 1. The molecule has 0 radical (unpaired) electrons. The number of carbonyl (C=O) groups is 2. The fraction of sp³-hybridized carbons (Fsp3) is 0.455. The summed E-state index contributed by atoms with van der Waals surface area (Å²) >= 11 is 7.27. The van der Waals surface area contributed by atoms with Crippen molar-refractivity contribution in [3.8, 4) is 0 Å². The van der Waals surface area contributed by atoms with Crippen LogP contribution in [0.4, 0.5) is 0 Å². The van der Waals surface area contributed by atoms with Gasteiger partial charge in [0.25, 0.3) is 0 Å². The van der Waals surface area contributed by atoms with Crippen LogP contribution in [0.3, 0.4) is 0 Å². The van der Waals surface area contributed by atoms with Crippen LogP contribution in [0, 0.1) is 0 Å². The molecule has 4 nitrogen and oxygen atoms in total. The summed E-state index contributed by atoms with van der Waals surface area (Å²) in [6, 6.07) is 1.82. The molecular weight excluding hydrogens is 262 g/mol. The third kappa shape index (κ3) is 2.98. The summed E-state index contributed by atoms with van der Waals surface area (Å²) in [5, 5.41) is 14.0. The Morgan fingerprint density at radius 1 is 1.53 bits per heavy atom. The van der Waals surface area contributed by atoms with E-state index in [0.717, 1.165) is 4.88 Å². The fourth-order valence-corrected chi connectivity index (χ4v) is 2.65. The van der Waals surface area contributed by atoms with Crippen molar-refractivity contribution in [3.63, 3.8) is 0 Å². The minimum absolute atomic E-state index is 0.213. The van der Waals surface area contributed by atoms with E-state index in [4.69, 9.17) is 16.7 Å². The maximum absolute atomic E-state index is 11.6. The number of amides is 1. The molecule has 0 aliphatic heterocycles. The van der Waals surface area contributed by atoms with Crippen LogP contribution in [-0.2, 0) is 16.0 Å². The first-order valence-electron chi connectivity index (χ1n) is 5.29. The van der Waals surface area contributed by atoms with Gasteiger partial charge in [-0.2, -0.15) is 0 Å². The molecule has 1 aliphatic carbocycles. The SMILES string of the molecule is O=C(CCc1cc(Cl)cs1)NC1(C(=O)O)CC1. The quantitative estimate of drug-likeness (QED) is 0.863. The van der Waals surface area contributed by atoms with Crippen LogP contribution in [-0.4, -0.2) is 22.5 Å². The topological polar surface area (TPSA) is 66.4 Å². The van der Waals surface area contributed by atoms with Gasteiger partial charge in [0.2, 0.25) is 5.91 Å². The Hall–Kier alpha value is -1.07. The summed E-state index contributed by atoms with van der Waals surface area (Å²) in [7, 11) is 0. The van der Waals surface area contributed by atoms with Crippen LogP contribution in [0.25, 0.3) is 0 Å². The van der Waals surface area contributed by atoms with Crippen molar-refractivity contribution in [2.45, 2.75) is 31.2 Å². The molecule has 6 heteroatoms. The molecule has 1 saturated carbocycles. The molecule has 0 spiro atoms. The van der Waals surface area contributed by atoms with Crippen LogP contribution in [0.2, 0.25) is 5.02 Å². The average Bonchev–Trinajstić information content (AvgIpc) is 2.92. The molecule has 0 saturated heterocycles. The molecule has 92 valence electrons. The number of halogens is 1. The van der Waals surface area contributed by atoms with E-state index in [1.54, 1.807) is 0 Å². The van der Waals surface area contributed by atoms with Gasteiger partial charge < -0.3 is 10.4 Å². The van der Waals surface area contributed by atoms with Crippen molar-refractivity contribution in [1.29, 1.82) is 0 Å². The maximum atomic E-state index is 11.6. The first kappa shape index (κ1) is 12.4. The molecule has 1 amide bonds. The standard InChI is InChI=1S/C11H12ClNO3S/c12-7-5-8(17-6-7)1-2-9(14)13-11(3-4-11)10(15)16/h5-6H,1-4H2,(H,13,14)(H,15,16). The Kier molecular flexibility index (Phi) is 3.40. The second kappa shape index (κ2) is 4.66. The molecule has 17 heavy (non-hydrogen) atoms. The van der Waals surface area contributed by atoms with Gasteiger partial charge in [-0.3, -0.25) is 4.79 Å². The third-order valence-electron chi connectivity index (χ3n) is 2.76. The molecule has 0 bridgehead atoms. The van der Waals surface area contributed by atoms with Gasteiger partial charge in [-0.15, -0.1) is 11.3 Å². The summed E-state index contributed by atoms with van der Waals surface area (Å²) < 4.78 is 0. The number of carbonyl (C=O) groups excluding carboxylic acids is 1. The number of thiophene rings is 1. The van der Waals surface area contributed by atoms with E-state index in [-0.39, 0.29) is 5.91 Å². The zero-order chi connectivity index (χ0) is 12.5. The summed E-state index contributed by atoms with van der Waals surface area (Å²) in [5.74, 6) is -1.15. The molecule has 1 heterocycles. The first-order valence-corrected chi connectivity index (χ1v) is 6.55. The Labute approximate surface area is 108 Å². The van der Waals surface area contributed by atoms with Gasteiger partial charge in [-0.05, 0) is 25.3 Å². The van der Waals surface area contributed by atoms with E-state index in [0.29, 0.717) is 30.7 Å². The molecule has 0 aromatic carbocycles. The molecule has 0 unspecified atom stereocenters. The zero-order valence-electron chi connectivity index (χ0n) is 9.03. The molecule has 1 aromatic rings. The van der Waals surface area contributed by atoms with Crippen molar-refractivity contribution >= 4 is 34.8 Å². The molecule has 1 aliphatic rings. The van der Waals surface area contributed by atoms with E-state index in [1.807, 2.05) is 11.4 Å². The highest BCUT2D eigenvalue weighted by atomic mass is 35.5. The second-order valence-electron chi connectivity index (χ2n) is 4.17. The van der Waals surface area contributed by atoms with E-state index in [1.165, 1.54) is 11.3 Å². The Balaban J connectivity index is 1.80. The lowest BCUT2D eigenvalue weighted by Crippen LogP contribution is -2.43. The van der Waals surface area contributed by atoms with E-state index in [9.17, 15) is 9.59 Å². The van der Waals surface area contributed by atoms with E-state index in [2.05, 4.69) is 5.32 Å². The maximum Gasteiger partial charge on any atom is 0.329 e. The second-order valence-corrected chi connectivity index (χ2v) is 5.60. The minimum atomic E-state index is -0.982. The molecular formula is C11H12ClNO3S. The van der Waals surface area contributed by atoms with Gasteiger partial charge in [-0.1, -0.05) is 11.6 Å². The van der Waals surface area contributed by atoms with Gasteiger partial charge in [0.05, 0.1) is 5.02 Å².